The lowest BCUT2D eigenvalue weighted by Gasteiger charge is -2.05. The predicted molar refractivity (Wildman–Crippen MR) is 43.7 cm³/mol. The van der Waals surface area contributed by atoms with Gasteiger partial charge in [-0.3, -0.25) is 4.79 Å². The van der Waals surface area contributed by atoms with Gasteiger partial charge in [0.1, 0.15) is 23.1 Å². The number of carbonyl (C=O) groups is 1. The molecule has 1 rings (SSSR count). The molecule has 14 heavy (non-hydrogen) atoms. The number of nitrogens with zero attached hydrogens (tertiary/aromatic N) is 2. The second-order valence-electron chi connectivity index (χ2n) is 2.43. The minimum Gasteiger partial charge on any atom is -0.383 e. The van der Waals surface area contributed by atoms with Gasteiger partial charge in [-0.1, -0.05) is 0 Å². The fraction of sp³-hybridized carbons (Fsp3) is 0.125. The van der Waals surface area contributed by atoms with E-state index in [-0.39, 0.29) is 17.1 Å². The minimum absolute atomic E-state index is 0.211. The number of nitriles is 1. The number of nitrogen functional groups attached to an aromatic ring is 1. The molecular formula is C8H5F2N3O. The summed E-state index contributed by atoms with van der Waals surface area (Å²) in [6.07, 6.45) is -2.56. The molecular weight excluding hydrogens is 192 g/mol. The van der Waals surface area contributed by atoms with Gasteiger partial charge in [-0.15, -0.1) is 0 Å². The summed E-state index contributed by atoms with van der Waals surface area (Å²) in [4.78, 5) is 13.7. The third-order valence-corrected chi connectivity index (χ3v) is 1.57. The number of halogens is 2. The molecule has 0 amide bonds. The van der Waals surface area contributed by atoms with E-state index in [1.54, 1.807) is 0 Å². The Kier molecular flexibility index (Phi) is 2.72. The van der Waals surface area contributed by atoms with Gasteiger partial charge in [0.2, 0.25) is 0 Å². The molecule has 1 aromatic rings. The number of rotatable bonds is 2. The quantitative estimate of drug-likeness (QED) is 0.724. The first-order chi connectivity index (χ1) is 6.60. The van der Waals surface area contributed by atoms with Crippen molar-refractivity contribution in [1.29, 1.82) is 5.26 Å². The highest BCUT2D eigenvalue weighted by atomic mass is 19.3. The van der Waals surface area contributed by atoms with Crippen LogP contribution in [0.3, 0.4) is 0 Å². The molecule has 0 aromatic carbocycles. The van der Waals surface area contributed by atoms with Gasteiger partial charge in [0.05, 0.1) is 0 Å². The summed E-state index contributed by atoms with van der Waals surface area (Å²) in [6, 6.07) is 2.37. The van der Waals surface area contributed by atoms with Gasteiger partial charge in [-0.2, -0.15) is 5.26 Å². The van der Waals surface area contributed by atoms with Gasteiger partial charge < -0.3 is 5.73 Å². The van der Waals surface area contributed by atoms with Crippen LogP contribution in [0.25, 0.3) is 0 Å². The number of carbonyl (C=O) groups excluding carboxylic acids is 1. The van der Waals surface area contributed by atoms with Crippen molar-refractivity contribution in [3.05, 3.63) is 22.9 Å². The van der Waals surface area contributed by atoms with Gasteiger partial charge in [0.25, 0.3) is 6.43 Å². The minimum atomic E-state index is -2.85. The second-order valence-corrected chi connectivity index (χ2v) is 2.43. The van der Waals surface area contributed by atoms with Crippen LogP contribution in [0, 0.1) is 11.3 Å². The topological polar surface area (TPSA) is 79.8 Å². The summed E-state index contributed by atoms with van der Waals surface area (Å²) in [5.41, 5.74) is 4.06. The molecule has 0 unspecified atom stereocenters. The zero-order valence-electron chi connectivity index (χ0n) is 6.87. The SMILES string of the molecule is N#Cc1c(C(F)F)cc(C=O)nc1N. The number of hydrogen-bond donors (Lipinski definition) is 1. The normalized spacial score (nSPS) is 9.86. The molecule has 0 spiro atoms. The van der Waals surface area contributed by atoms with Gasteiger partial charge in [-0.05, 0) is 6.07 Å². The smallest absolute Gasteiger partial charge is 0.265 e. The lowest BCUT2D eigenvalue weighted by molar-refractivity contribution is 0.111. The maximum Gasteiger partial charge on any atom is 0.265 e. The van der Waals surface area contributed by atoms with E-state index in [1.807, 2.05) is 0 Å². The van der Waals surface area contributed by atoms with Crippen LogP contribution < -0.4 is 5.73 Å². The summed E-state index contributed by atoms with van der Waals surface area (Å²) >= 11 is 0. The molecule has 2 N–H and O–H groups in total. The molecule has 0 aliphatic carbocycles. The van der Waals surface area contributed by atoms with Gasteiger partial charge in [0.15, 0.2) is 6.29 Å². The lowest BCUT2D eigenvalue weighted by atomic mass is 10.1. The van der Waals surface area contributed by atoms with Crippen molar-refractivity contribution in [3.8, 4) is 6.07 Å². The second kappa shape index (κ2) is 3.79. The summed E-state index contributed by atoms with van der Waals surface area (Å²) < 4.78 is 24.7. The van der Waals surface area contributed by atoms with E-state index in [1.165, 1.54) is 6.07 Å². The van der Waals surface area contributed by atoms with Crippen LogP contribution >= 0.6 is 0 Å². The maximum absolute atomic E-state index is 12.4. The Morgan fingerprint density at radius 3 is 2.71 bits per heavy atom. The summed E-state index contributed by atoms with van der Waals surface area (Å²) in [6.45, 7) is 0. The summed E-state index contributed by atoms with van der Waals surface area (Å²) in [7, 11) is 0. The van der Waals surface area contributed by atoms with Crippen molar-refractivity contribution in [2.45, 2.75) is 6.43 Å². The lowest BCUT2D eigenvalue weighted by Crippen LogP contribution is -2.03. The number of aldehydes is 1. The molecule has 0 saturated heterocycles. The van der Waals surface area contributed by atoms with E-state index in [2.05, 4.69) is 4.98 Å². The predicted octanol–water partition coefficient (Wildman–Crippen LogP) is 1.29. The number of nitrogens with two attached hydrogens (primary N) is 1. The molecule has 4 nitrogen and oxygen atoms in total. The zero-order chi connectivity index (χ0) is 10.7. The Morgan fingerprint density at radius 1 is 1.64 bits per heavy atom. The zero-order valence-corrected chi connectivity index (χ0v) is 6.87. The van der Waals surface area contributed by atoms with Crippen LogP contribution in [-0.4, -0.2) is 11.3 Å². The number of pyridine rings is 1. The summed E-state index contributed by atoms with van der Waals surface area (Å²) in [5.74, 6) is -0.354. The first kappa shape index (κ1) is 10.1. The highest BCUT2D eigenvalue weighted by Gasteiger charge is 2.17. The monoisotopic (exact) mass is 197 g/mol. The van der Waals surface area contributed by atoms with Crippen molar-refractivity contribution < 1.29 is 13.6 Å². The summed E-state index contributed by atoms with van der Waals surface area (Å²) in [5, 5.41) is 8.52. The Morgan fingerprint density at radius 2 is 2.29 bits per heavy atom. The number of anilines is 1. The van der Waals surface area contributed by atoms with Gasteiger partial charge in [0, 0.05) is 5.56 Å². The Labute approximate surface area is 78.0 Å². The first-order valence-electron chi connectivity index (χ1n) is 3.54. The van der Waals surface area contributed by atoms with Crippen LogP contribution in [0.1, 0.15) is 28.0 Å². The van der Waals surface area contributed by atoms with Crippen LogP contribution in [0.5, 0.6) is 0 Å². The molecule has 0 bridgehead atoms. The van der Waals surface area contributed by atoms with Crippen molar-refractivity contribution >= 4 is 12.1 Å². The van der Waals surface area contributed by atoms with Crippen molar-refractivity contribution in [3.63, 3.8) is 0 Å². The highest BCUT2D eigenvalue weighted by molar-refractivity contribution is 5.74. The molecule has 0 aliphatic rings. The Hall–Kier alpha value is -2.03. The average Bonchev–Trinajstić information content (AvgIpc) is 2.16. The maximum atomic E-state index is 12.4. The van der Waals surface area contributed by atoms with Crippen molar-refractivity contribution in [2.24, 2.45) is 0 Å². The standard InChI is InChI=1S/C8H5F2N3O/c9-7(10)5-1-4(3-14)13-8(12)6(5)2-11/h1,3,7H,(H2,12,13). The first-order valence-corrected chi connectivity index (χ1v) is 3.54. The largest absolute Gasteiger partial charge is 0.383 e. The third-order valence-electron chi connectivity index (χ3n) is 1.57. The van der Waals surface area contributed by atoms with E-state index in [4.69, 9.17) is 11.0 Å². The number of alkyl halides is 2. The van der Waals surface area contributed by atoms with Crippen molar-refractivity contribution in [1.82, 2.24) is 4.98 Å². The van der Waals surface area contributed by atoms with Crippen LogP contribution in [0.2, 0.25) is 0 Å². The molecule has 72 valence electrons. The number of hydrogen-bond acceptors (Lipinski definition) is 4. The molecule has 0 fully saturated rings. The molecule has 1 aromatic heterocycles. The Bertz CT molecular complexity index is 412. The fourth-order valence-corrected chi connectivity index (χ4v) is 0.961. The van der Waals surface area contributed by atoms with Crippen LogP contribution in [0.4, 0.5) is 14.6 Å². The fourth-order valence-electron chi connectivity index (χ4n) is 0.961. The van der Waals surface area contributed by atoms with Crippen LogP contribution in [0.15, 0.2) is 6.07 Å². The average molecular weight is 197 g/mol. The van der Waals surface area contributed by atoms with E-state index in [0.29, 0.717) is 6.29 Å². The molecule has 0 saturated carbocycles. The molecule has 1 heterocycles. The number of aromatic nitrogens is 1. The van der Waals surface area contributed by atoms with E-state index < -0.39 is 12.0 Å². The van der Waals surface area contributed by atoms with E-state index in [0.717, 1.165) is 6.07 Å². The van der Waals surface area contributed by atoms with Crippen LogP contribution in [-0.2, 0) is 0 Å². The molecule has 0 radical (unpaired) electrons. The molecule has 0 atom stereocenters. The van der Waals surface area contributed by atoms with E-state index >= 15 is 0 Å². The van der Waals surface area contributed by atoms with Gasteiger partial charge in [-0.25, -0.2) is 13.8 Å². The van der Waals surface area contributed by atoms with Crippen molar-refractivity contribution in [2.75, 3.05) is 5.73 Å². The van der Waals surface area contributed by atoms with E-state index in [9.17, 15) is 13.6 Å². The Balaban J connectivity index is 3.45. The third kappa shape index (κ3) is 1.66. The highest BCUT2D eigenvalue weighted by Crippen LogP contribution is 2.25. The van der Waals surface area contributed by atoms with Gasteiger partial charge >= 0.3 is 0 Å². The molecule has 0 aliphatic heterocycles. The molecule has 6 heteroatoms.